The van der Waals surface area contributed by atoms with Gasteiger partial charge in [0.2, 0.25) is 0 Å². The number of nitrogens with zero attached hydrogens (tertiary/aromatic N) is 1. The molecule has 0 atom stereocenters. The van der Waals surface area contributed by atoms with Gasteiger partial charge in [-0.3, -0.25) is 0 Å². The van der Waals surface area contributed by atoms with Gasteiger partial charge < -0.3 is 15.4 Å². The van der Waals surface area contributed by atoms with Gasteiger partial charge in [0.1, 0.15) is 0 Å². The molecule has 0 radical (unpaired) electrons. The van der Waals surface area contributed by atoms with Gasteiger partial charge >= 0.3 is 0 Å². The first-order valence-corrected chi connectivity index (χ1v) is 7.40. The molecule has 0 amide bonds. The summed E-state index contributed by atoms with van der Waals surface area (Å²) in [6.07, 6.45) is 2.71. The molecule has 4 nitrogen and oxygen atoms in total. The van der Waals surface area contributed by atoms with E-state index >= 15 is 0 Å². The maximum Gasteiger partial charge on any atom is 0.191 e. The third-order valence-corrected chi connectivity index (χ3v) is 3.32. The average Bonchev–Trinajstić information content (AvgIpc) is 3.27. The topological polar surface area (TPSA) is 45.7 Å². The monoisotopic (exact) mass is 403 g/mol. The van der Waals surface area contributed by atoms with Crippen LogP contribution in [0.1, 0.15) is 30.9 Å². The Labute approximate surface area is 144 Å². The number of benzene rings is 1. The molecule has 2 N–H and O–H groups in total. The lowest BCUT2D eigenvalue weighted by molar-refractivity contribution is 0.185. The van der Waals surface area contributed by atoms with E-state index in [-0.39, 0.29) is 24.0 Å². The normalized spacial score (nSPS) is 14.5. The van der Waals surface area contributed by atoms with Crippen molar-refractivity contribution in [3.05, 3.63) is 35.4 Å². The number of aliphatic imine (C=N–C) groups is 1. The molecule has 1 saturated carbocycles. The van der Waals surface area contributed by atoms with Crippen LogP contribution in [0.4, 0.5) is 0 Å². The summed E-state index contributed by atoms with van der Waals surface area (Å²) in [4.78, 5) is 4.64. The van der Waals surface area contributed by atoms with Gasteiger partial charge in [-0.2, -0.15) is 0 Å². The van der Waals surface area contributed by atoms with Crippen LogP contribution in [0.3, 0.4) is 0 Å². The standard InChI is InChI=1S/C16H25N3O.HI/c1-3-17-16(18-10-13-7-8-13)19-11-14-5-4-6-15(9-14)12-20-2;/h4-6,9,13H,3,7-8,10-12H2,1-2H3,(H2,17,18,19);1H. The molecule has 1 aromatic rings. The Kier molecular flexibility index (Phi) is 8.68. The van der Waals surface area contributed by atoms with Crippen LogP contribution < -0.4 is 10.6 Å². The number of methoxy groups -OCH3 is 1. The molecule has 1 aliphatic carbocycles. The van der Waals surface area contributed by atoms with Crippen molar-refractivity contribution in [1.82, 2.24) is 10.6 Å². The van der Waals surface area contributed by atoms with Gasteiger partial charge in [0, 0.05) is 20.2 Å². The fraction of sp³-hybridized carbons (Fsp3) is 0.562. The van der Waals surface area contributed by atoms with Crippen molar-refractivity contribution < 1.29 is 4.74 Å². The Morgan fingerprint density at radius 1 is 1.29 bits per heavy atom. The summed E-state index contributed by atoms with van der Waals surface area (Å²) in [5, 5.41) is 6.70. The van der Waals surface area contributed by atoms with E-state index in [1.165, 1.54) is 24.0 Å². The van der Waals surface area contributed by atoms with Gasteiger partial charge in [-0.25, -0.2) is 4.99 Å². The van der Waals surface area contributed by atoms with Crippen LogP contribution in [0.5, 0.6) is 0 Å². The van der Waals surface area contributed by atoms with Crippen molar-refractivity contribution in [3.8, 4) is 0 Å². The van der Waals surface area contributed by atoms with Crippen molar-refractivity contribution in [2.45, 2.75) is 32.9 Å². The minimum atomic E-state index is 0. The van der Waals surface area contributed by atoms with Crippen molar-refractivity contribution >= 4 is 29.9 Å². The number of hydrogen-bond donors (Lipinski definition) is 2. The second-order valence-corrected chi connectivity index (χ2v) is 5.27. The Balaban J connectivity index is 0.00000220. The van der Waals surface area contributed by atoms with Crippen LogP contribution in [-0.2, 0) is 17.9 Å². The Hall–Kier alpha value is -0.820. The molecule has 1 aliphatic rings. The largest absolute Gasteiger partial charge is 0.380 e. The van der Waals surface area contributed by atoms with Gasteiger partial charge in [0.05, 0.1) is 13.2 Å². The summed E-state index contributed by atoms with van der Waals surface area (Å²) in [7, 11) is 1.72. The molecule has 0 bridgehead atoms. The molecular weight excluding hydrogens is 377 g/mol. The second-order valence-electron chi connectivity index (χ2n) is 5.27. The molecule has 5 heteroatoms. The highest BCUT2D eigenvalue weighted by Crippen LogP contribution is 2.27. The number of halogens is 1. The third-order valence-electron chi connectivity index (χ3n) is 3.32. The maximum absolute atomic E-state index is 5.16. The highest BCUT2D eigenvalue weighted by molar-refractivity contribution is 14.0. The molecule has 0 spiro atoms. The van der Waals surface area contributed by atoms with E-state index in [1.54, 1.807) is 7.11 Å². The molecule has 0 saturated heterocycles. The SMILES string of the molecule is CCNC(=NCc1cccc(COC)c1)NCC1CC1.I. The van der Waals surface area contributed by atoms with Crippen LogP contribution in [0, 0.1) is 5.92 Å². The number of nitrogens with one attached hydrogen (secondary N) is 2. The maximum atomic E-state index is 5.16. The van der Waals surface area contributed by atoms with E-state index < -0.39 is 0 Å². The first-order valence-electron chi connectivity index (χ1n) is 7.40. The zero-order valence-electron chi connectivity index (χ0n) is 12.9. The first kappa shape index (κ1) is 18.2. The lowest BCUT2D eigenvalue weighted by atomic mass is 10.1. The van der Waals surface area contributed by atoms with E-state index in [1.807, 2.05) is 0 Å². The second kappa shape index (κ2) is 10.00. The van der Waals surface area contributed by atoms with Crippen LogP contribution in [0.15, 0.2) is 29.3 Å². The molecular formula is C16H26IN3O. The summed E-state index contributed by atoms with van der Waals surface area (Å²) >= 11 is 0. The summed E-state index contributed by atoms with van der Waals surface area (Å²) in [6, 6.07) is 8.39. The Morgan fingerprint density at radius 2 is 2.05 bits per heavy atom. The van der Waals surface area contributed by atoms with E-state index in [2.05, 4.69) is 46.8 Å². The Bertz CT molecular complexity index is 447. The highest BCUT2D eigenvalue weighted by atomic mass is 127. The molecule has 0 heterocycles. The summed E-state index contributed by atoms with van der Waals surface area (Å²) in [5.74, 6) is 1.76. The molecule has 2 rings (SSSR count). The van der Waals surface area contributed by atoms with Crippen LogP contribution in [-0.4, -0.2) is 26.2 Å². The van der Waals surface area contributed by atoms with Crippen molar-refractivity contribution in [3.63, 3.8) is 0 Å². The Morgan fingerprint density at radius 3 is 2.71 bits per heavy atom. The predicted octanol–water partition coefficient (Wildman–Crippen LogP) is 2.92. The van der Waals surface area contributed by atoms with Crippen LogP contribution >= 0.6 is 24.0 Å². The first-order chi connectivity index (χ1) is 9.81. The van der Waals surface area contributed by atoms with Gasteiger partial charge in [-0.1, -0.05) is 24.3 Å². The summed E-state index contributed by atoms with van der Waals surface area (Å²) in [6.45, 7) is 5.36. The van der Waals surface area contributed by atoms with Crippen LogP contribution in [0.25, 0.3) is 0 Å². The lowest BCUT2D eigenvalue weighted by Gasteiger charge is -2.11. The molecule has 1 fully saturated rings. The minimum absolute atomic E-state index is 0. The molecule has 0 aromatic heterocycles. The van der Waals surface area contributed by atoms with Gasteiger partial charge in [0.15, 0.2) is 5.96 Å². The number of hydrogen-bond acceptors (Lipinski definition) is 2. The smallest absolute Gasteiger partial charge is 0.191 e. The van der Waals surface area contributed by atoms with E-state index in [0.29, 0.717) is 13.2 Å². The third kappa shape index (κ3) is 7.13. The number of guanidine groups is 1. The molecule has 118 valence electrons. The molecule has 0 unspecified atom stereocenters. The van der Waals surface area contributed by atoms with E-state index in [4.69, 9.17) is 4.74 Å². The van der Waals surface area contributed by atoms with Gasteiger partial charge in [0.25, 0.3) is 0 Å². The molecule has 0 aliphatic heterocycles. The van der Waals surface area contributed by atoms with Gasteiger partial charge in [-0.05, 0) is 36.8 Å². The number of ether oxygens (including phenoxy) is 1. The van der Waals surface area contributed by atoms with E-state index in [9.17, 15) is 0 Å². The minimum Gasteiger partial charge on any atom is -0.380 e. The van der Waals surface area contributed by atoms with Crippen molar-refractivity contribution in [1.29, 1.82) is 0 Å². The van der Waals surface area contributed by atoms with Gasteiger partial charge in [-0.15, -0.1) is 24.0 Å². The average molecular weight is 403 g/mol. The molecule has 21 heavy (non-hydrogen) atoms. The van der Waals surface area contributed by atoms with Crippen molar-refractivity contribution in [2.24, 2.45) is 10.9 Å². The predicted molar refractivity (Wildman–Crippen MR) is 98.1 cm³/mol. The van der Waals surface area contributed by atoms with E-state index in [0.717, 1.165) is 25.0 Å². The van der Waals surface area contributed by atoms with Crippen molar-refractivity contribution in [2.75, 3.05) is 20.2 Å². The quantitative estimate of drug-likeness (QED) is 0.418. The highest BCUT2D eigenvalue weighted by Gasteiger charge is 2.20. The summed E-state index contributed by atoms with van der Waals surface area (Å²) < 4.78 is 5.16. The number of rotatable bonds is 7. The zero-order valence-corrected chi connectivity index (χ0v) is 15.2. The molecule has 1 aromatic carbocycles. The summed E-state index contributed by atoms with van der Waals surface area (Å²) in [5.41, 5.74) is 2.40. The zero-order chi connectivity index (χ0) is 14.2. The fourth-order valence-corrected chi connectivity index (χ4v) is 2.06. The fourth-order valence-electron chi connectivity index (χ4n) is 2.06. The lowest BCUT2D eigenvalue weighted by Crippen LogP contribution is -2.38. The van der Waals surface area contributed by atoms with Crippen LogP contribution in [0.2, 0.25) is 0 Å².